The molecule has 11 nitrogen and oxygen atoms in total. The van der Waals surface area contributed by atoms with Crippen LogP contribution in [0.15, 0.2) is 84.9 Å². The van der Waals surface area contributed by atoms with Gasteiger partial charge in [0.25, 0.3) is 16.6 Å². The third kappa shape index (κ3) is 8.35. The molecule has 0 saturated heterocycles. The second-order valence-electron chi connectivity index (χ2n) is 8.91. The summed E-state index contributed by atoms with van der Waals surface area (Å²) in [5.74, 6) is -0.679. The topological polar surface area (TPSA) is 159 Å². The molecule has 1 N–H and O–H groups in total. The number of carboxylic acids is 1. The van der Waals surface area contributed by atoms with E-state index in [1.807, 2.05) is 60.7 Å². The van der Waals surface area contributed by atoms with Gasteiger partial charge in [-0.1, -0.05) is 60.7 Å². The molecule has 0 radical (unpaired) electrons. The van der Waals surface area contributed by atoms with Crippen molar-refractivity contribution in [2.45, 2.75) is 27.1 Å². The average Bonchev–Trinajstić information content (AvgIpc) is 2.96. The highest BCUT2D eigenvalue weighted by Gasteiger charge is 2.23. The molecule has 0 bridgehead atoms. The molecule has 4 aromatic carbocycles. The molecule has 216 valence electrons. The van der Waals surface area contributed by atoms with Gasteiger partial charge in [-0.25, -0.2) is 4.79 Å². The van der Waals surface area contributed by atoms with E-state index in [0.29, 0.717) is 22.6 Å². The Labute approximate surface area is 245 Å². The van der Waals surface area contributed by atoms with Gasteiger partial charge in [-0.15, -0.1) is 0 Å². The van der Waals surface area contributed by atoms with Crippen molar-refractivity contribution in [1.29, 1.82) is 0 Å². The summed E-state index contributed by atoms with van der Waals surface area (Å²) < 4.78 is 11.1. The summed E-state index contributed by atoms with van der Waals surface area (Å²) in [5.41, 5.74) is 1.70. The van der Waals surface area contributed by atoms with Crippen LogP contribution >= 0.6 is 11.6 Å². The number of ether oxygens (including phenoxy) is 2. The van der Waals surface area contributed by atoms with Crippen LogP contribution in [-0.4, -0.2) is 26.2 Å². The second-order valence-corrected chi connectivity index (χ2v) is 9.25. The van der Waals surface area contributed by atoms with Gasteiger partial charge in [-0.2, -0.15) is 0 Å². The summed E-state index contributed by atoms with van der Waals surface area (Å²) in [6.07, 6.45) is 0. The zero-order valence-corrected chi connectivity index (χ0v) is 23.2. The van der Waals surface area contributed by atoms with E-state index < -0.39 is 26.7 Å². The number of nitro benzene ring substituents is 2. The van der Waals surface area contributed by atoms with Crippen LogP contribution in [-0.2, 0) is 13.2 Å². The normalized spacial score (nSPS) is 10.2. The molecule has 42 heavy (non-hydrogen) atoms. The van der Waals surface area contributed by atoms with E-state index in [0.717, 1.165) is 17.2 Å². The first kappa shape index (κ1) is 31.2. The Hall–Kier alpha value is -5.29. The third-order valence-electron chi connectivity index (χ3n) is 5.90. The first-order chi connectivity index (χ1) is 20.0. The fraction of sp³-hybridized carbons (Fsp3) is 0.133. The van der Waals surface area contributed by atoms with Gasteiger partial charge in [0.15, 0.2) is 0 Å². The highest BCUT2D eigenvalue weighted by molar-refractivity contribution is 6.68. The number of rotatable bonds is 10. The van der Waals surface area contributed by atoms with E-state index in [9.17, 15) is 29.8 Å². The van der Waals surface area contributed by atoms with Crippen molar-refractivity contribution in [1.82, 2.24) is 0 Å². The predicted octanol–water partition coefficient (Wildman–Crippen LogP) is 7.04. The molecule has 4 aromatic rings. The molecule has 12 heteroatoms. The Balaban J connectivity index is 0.000000230. The number of aromatic carboxylic acids is 1. The molecule has 0 aromatic heterocycles. The van der Waals surface area contributed by atoms with Gasteiger partial charge in [-0.05, 0) is 59.8 Å². The zero-order chi connectivity index (χ0) is 30.8. The maximum Gasteiger partial charge on any atom is 0.342 e. The van der Waals surface area contributed by atoms with Crippen LogP contribution in [0.4, 0.5) is 11.4 Å². The smallest absolute Gasteiger partial charge is 0.342 e. The summed E-state index contributed by atoms with van der Waals surface area (Å²) in [6.45, 7) is 3.89. The molecule has 4 rings (SSSR count). The molecule has 0 aliphatic rings. The minimum atomic E-state index is -1.33. The molecular formula is C30H25ClN2O9. The highest BCUT2D eigenvalue weighted by atomic mass is 35.5. The molecule has 0 unspecified atom stereocenters. The standard InChI is InChI=1S/C15H12ClNO4.C15H13NO5/c1-10-7-12(15(16)18)13(17(19)20)8-14(10)21-9-11-5-3-2-4-6-11;1-10-7-12(15(17)18)13(16(19)20)8-14(10)21-9-11-5-3-2-4-6-11/h2-8H,9H2,1H3;2-8H,9H2,1H3,(H,17,18). The van der Waals surface area contributed by atoms with Crippen molar-refractivity contribution < 1.29 is 34.0 Å². The van der Waals surface area contributed by atoms with Crippen LogP contribution < -0.4 is 9.47 Å². The number of aryl methyl sites for hydroxylation is 2. The number of carbonyl (C=O) groups is 2. The van der Waals surface area contributed by atoms with Gasteiger partial charge in [0.2, 0.25) is 0 Å². The Morgan fingerprint density at radius 2 is 1.10 bits per heavy atom. The van der Waals surface area contributed by atoms with E-state index in [1.165, 1.54) is 18.2 Å². The van der Waals surface area contributed by atoms with Crippen LogP contribution in [0.2, 0.25) is 0 Å². The lowest BCUT2D eigenvalue weighted by atomic mass is 10.1. The summed E-state index contributed by atoms with van der Waals surface area (Å²) >= 11 is 5.37. The van der Waals surface area contributed by atoms with Crippen molar-refractivity contribution in [2.75, 3.05) is 0 Å². The molecule has 0 spiro atoms. The third-order valence-corrected chi connectivity index (χ3v) is 6.10. The molecule has 0 fully saturated rings. The minimum absolute atomic E-state index is 0.133. The largest absolute Gasteiger partial charge is 0.488 e. The van der Waals surface area contributed by atoms with E-state index in [-0.39, 0.29) is 30.0 Å². The molecule has 0 saturated carbocycles. The Bertz CT molecular complexity index is 1490. The van der Waals surface area contributed by atoms with Crippen LogP contribution in [0, 0.1) is 34.1 Å². The van der Waals surface area contributed by atoms with Gasteiger partial charge < -0.3 is 14.6 Å². The lowest BCUT2D eigenvalue weighted by Gasteiger charge is -2.10. The number of halogens is 1. The maximum atomic E-state index is 11.2. The van der Waals surface area contributed by atoms with Crippen molar-refractivity contribution in [3.63, 3.8) is 0 Å². The summed E-state index contributed by atoms with van der Waals surface area (Å²) in [6, 6.07) is 23.8. The first-order valence-corrected chi connectivity index (χ1v) is 12.7. The number of carbonyl (C=O) groups excluding carboxylic acids is 1. The predicted molar refractivity (Wildman–Crippen MR) is 154 cm³/mol. The maximum absolute atomic E-state index is 11.2. The van der Waals surface area contributed by atoms with Crippen molar-refractivity contribution in [2.24, 2.45) is 0 Å². The summed E-state index contributed by atoms with van der Waals surface area (Å²) in [7, 11) is 0. The molecule has 0 atom stereocenters. The van der Waals surface area contributed by atoms with E-state index >= 15 is 0 Å². The molecular weight excluding hydrogens is 568 g/mol. The van der Waals surface area contributed by atoms with Gasteiger partial charge in [0.05, 0.1) is 22.0 Å². The van der Waals surface area contributed by atoms with Crippen molar-refractivity contribution in [3.05, 3.63) is 139 Å². The Morgan fingerprint density at radius 1 is 0.714 bits per heavy atom. The molecule has 0 aliphatic carbocycles. The van der Waals surface area contributed by atoms with Crippen LogP contribution in [0.5, 0.6) is 11.5 Å². The number of hydrogen-bond acceptors (Lipinski definition) is 8. The number of benzene rings is 4. The van der Waals surface area contributed by atoms with E-state index in [2.05, 4.69) is 0 Å². The monoisotopic (exact) mass is 592 g/mol. The summed E-state index contributed by atoms with van der Waals surface area (Å²) in [5, 5.41) is 30.1. The lowest BCUT2D eigenvalue weighted by Crippen LogP contribution is -2.05. The number of nitrogens with zero attached hydrogens (tertiary/aromatic N) is 2. The quantitative estimate of drug-likeness (QED) is 0.116. The zero-order valence-electron chi connectivity index (χ0n) is 22.5. The van der Waals surface area contributed by atoms with Crippen LogP contribution in [0.25, 0.3) is 0 Å². The lowest BCUT2D eigenvalue weighted by molar-refractivity contribution is -0.385. The minimum Gasteiger partial charge on any atom is -0.488 e. The van der Waals surface area contributed by atoms with Crippen LogP contribution in [0.3, 0.4) is 0 Å². The van der Waals surface area contributed by atoms with Gasteiger partial charge in [0, 0.05) is 0 Å². The van der Waals surface area contributed by atoms with E-state index in [4.69, 9.17) is 26.2 Å². The Morgan fingerprint density at radius 3 is 1.45 bits per heavy atom. The van der Waals surface area contributed by atoms with Gasteiger partial charge in [0.1, 0.15) is 35.8 Å². The van der Waals surface area contributed by atoms with E-state index in [1.54, 1.807) is 13.8 Å². The second kappa shape index (κ2) is 14.4. The Kier molecular flexibility index (Phi) is 10.7. The van der Waals surface area contributed by atoms with Crippen molar-refractivity contribution in [3.8, 4) is 11.5 Å². The molecule has 0 amide bonds. The number of carboxylic acid groups (broad SMARTS) is 1. The fourth-order valence-electron chi connectivity index (χ4n) is 3.77. The highest BCUT2D eigenvalue weighted by Crippen LogP contribution is 2.31. The number of nitro groups is 2. The van der Waals surface area contributed by atoms with Gasteiger partial charge in [-0.3, -0.25) is 25.0 Å². The summed E-state index contributed by atoms with van der Waals surface area (Å²) in [4.78, 5) is 42.8. The fourth-order valence-corrected chi connectivity index (χ4v) is 3.92. The van der Waals surface area contributed by atoms with Gasteiger partial charge >= 0.3 is 5.97 Å². The van der Waals surface area contributed by atoms with Crippen LogP contribution in [0.1, 0.15) is 43.0 Å². The molecule has 0 aliphatic heterocycles. The molecule has 0 heterocycles. The first-order valence-electron chi connectivity index (χ1n) is 12.3. The SMILES string of the molecule is Cc1cc(C(=O)Cl)c([N+](=O)[O-])cc1OCc1ccccc1.Cc1cc(C(=O)O)c([N+](=O)[O-])cc1OCc1ccccc1. The average molecular weight is 593 g/mol. The number of hydrogen-bond donors (Lipinski definition) is 1. The van der Waals surface area contributed by atoms with Crippen molar-refractivity contribution >= 4 is 34.2 Å².